The van der Waals surface area contributed by atoms with Gasteiger partial charge in [0, 0.05) is 0 Å². The van der Waals surface area contributed by atoms with Gasteiger partial charge in [-0.1, -0.05) is 30.3 Å². The molecule has 0 aliphatic carbocycles. The van der Waals surface area contributed by atoms with E-state index in [0.717, 1.165) is 12.5 Å². The van der Waals surface area contributed by atoms with Gasteiger partial charge in [0.1, 0.15) is 5.71 Å². The fraction of sp³-hybridized carbons (Fsp3) is 0.364. The highest BCUT2D eigenvalue weighted by molar-refractivity contribution is 5.87. The van der Waals surface area contributed by atoms with Crippen LogP contribution in [0.2, 0.25) is 0 Å². The second kappa shape index (κ2) is 4.47. The Balaban J connectivity index is 2.84. The molecule has 4 heteroatoms. The topological polar surface area (TPSA) is 12.4 Å². The lowest BCUT2D eigenvalue weighted by Gasteiger charge is -2.10. The smallest absolute Gasteiger partial charge is 0.277 e. The minimum atomic E-state index is -4.33. The molecule has 15 heavy (non-hydrogen) atoms. The van der Waals surface area contributed by atoms with E-state index in [9.17, 15) is 13.2 Å². The molecule has 1 aromatic carbocycles. The summed E-state index contributed by atoms with van der Waals surface area (Å²) in [6.45, 7) is 2.63. The molecule has 0 fully saturated rings. The van der Waals surface area contributed by atoms with Gasteiger partial charge in [0.05, 0.1) is 6.04 Å². The summed E-state index contributed by atoms with van der Waals surface area (Å²) >= 11 is 0. The Labute approximate surface area is 86.6 Å². The van der Waals surface area contributed by atoms with E-state index in [1.807, 2.05) is 6.07 Å². The zero-order chi connectivity index (χ0) is 11.5. The van der Waals surface area contributed by atoms with Gasteiger partial charge >= 0.3 is 6.18 Å². The van der Waals surface area contributed by atoms with Crippen LogP contribution >= 0.6 is 0 Å². The van der Waals surface area contributed by atoms with Crippen LogP contribution in [0.5, 0.6) is 0 Å². The summed E-state index contributed by atoms with van der Waals surface area (Å²) < 4.78 is 36.6. The molecule has 1 aromatic rings. The monoisotopic (exact) mass is 215 g/mol. The second-order valence-corrected chi connectivity index (χ2v) is 3.30. The summed E-state index contributed by atoms with van der Waals surface area (Å²) in [6.07, 6.45) is -4.33. The molecule has 0 bridgehead atoms. The summed E-state index contributed by atoms with van der Waals surface area (Å²) in [5.41, 5.74) is -0.0139. The average molecular weight is 215 g/mol. The molecule has 0 saturated carbocycles. The Morgan fingerprint density at radius 1 is 1.20 bits per heavy atom. The van der Waals surface area contributed by atoms with Crippen LogP contribution < -0.4 is 0 Å². The summed E-state index contributed by atoms with van der Waals surface area (Å²) in [6, 6.07) is 8.44. The fourth-order valence-corrected chi connectivity index (χ4v) is 1.17. The SMILES string of the molecule is CC(=N[C@@H](C)c1ccccc1)C(F)(F)F. The zero-order valence-electron chi connectivity index (χ0n) is 8.55. The van der Waals surface area contributed by atoms with Gasteiger partial charge in [0.25, 0.3) is 0 Å². The molecule has 0 aliphatic rings. The van der Waals surface area contributed by atoms with Crippen molar-refractivity contribution in [2.24, 2.45) is 4.99 Å². The number of hydrogen-bond acceptors (Lipinski definition) is 1. The van der Waals surface area contributed by atoms with Crippen molar-refractivity contribution in [3.8, 4) is 0 Å². The summed E-state index contributed by atoms with van der Waals surface area (Å²) in [5.74, 6) is 0. The summed E-state index contributed by atoms with van der Waals surface area (Å²) in [4.78, 5) is 3.61. The van der Waals surface area contributed by atoms with Crippen LogP contribution in [0.1, 0.15) is 25.5 Å². The first-order chi connectivity index (χ1) is 6.91. The molecule has 0 aliphatic heterocycles. The number of benzene rings is 1. The molecule has 1 rings (SSSR count). The first-order valence-corrected chi connectivity index (χ1v) is 4.58. The second-order valence-electron chi connectivity index (χ2n) is 3.30. The van der Waals surface area contributed by atoms with Gasteiger partial charge in [0.2, 0.25) is 0 Å². The Hall–Kier alpha value is -1.32. The number of alkyl halides is 3. The minimum absolute atomic E-state index is 0.465. The van der Waals surface area contributed by atoms with Crippen molar-refractivity contribution in [1.82, 2.24) is 0 Å². The van der Waals surface area contributed by atoms with Crippen LogP contribution in [0.3, 0.4) is 0 Å². The first kappa shape index (κ1) is 11.8. The zero-order valence-corrected chi connectivity index (χ0v) is 8.55. The Morgan fingerprint density at radius 2 is 1.73 bits per heavy atom. The van der Waals surface area contributed by atoms with Gasteiger partial charge in [-0.2, -0.15) is 13.2 Å². The molecule has 0 unspecified atom stereocenters. The maximum absolute atomic E-state index is 12.2. The van der Waals surface area contributed by atoms with Gasteiger partial charge < -0.3 is 0 Å². The molecule has 1 atom stereocenters. The largest absolute Gasteiger partial charge is 0.428 e. The van der Waals surface area contributed by atoms with Gasteiger partial charge in [-0.3, -0.25) is 4.99 Å². The predicted molar refractivity (Wildman–Crippen MR) is 54.0 cm³/mol. The van der Waals surface area contributed by atoms with E-state index in [1.54, 1.807) is 31.2 Å². The third kappa shape index (κ3) is 3.38. The molecule has 0 N–H and O–H groups in total. The molecule has 0 spiro atoms. The van der Waals surface area contributed by atoms with Crippen LogP contribution in [-0.4, -0.2) is 11.9 Å². The molecule has 1 nitrogen and oxygen atoms in total. The van der Waals surface area contributed by atoms with Crippen molar-refractivity contribution in [1.29, 1.82) is 0 Å². The molecule has 0 aromatic heterocycles. The Morgan fingerprint density at radius 3 is 2.20 bits per heavy atom. The van der Waals surface area contributed by atoms with Gasteiger partial charge in [0.15, 0.2) is 0 Å². The lowest BCUT2D eigenvalue weighted by atomic mass is 10.1. The number of halogens is 3. The van der Waals surface area contributed by atoms with Crippen molar-refractivity contribution in [2.75, 3.05) is 0 Å². The third-order valence-electron chi connectivity index (χ3n) is 2.08. The third-order valence-corrected chi connectivity index (χ3v) is 2.08. The lowest BCUT2D eigenvalue weighted by Crippen LogP contribution is -2.20. The summed E-state index contributed by atoms with van der Waals surface area (Å²) in [7, 11) is 0. The highest BCUT2D eigenvalue weighted by Crippen LogP contribution is 2.22. The van der Waals surface area contributed by atoms with E-state index < -0.39 is 17.9 Å². The number of aliphatic imine (C=N–C) groups is 1. The van der Waals surface area contributed by atoms with Crippen LogP contribution in [0.15, 0.2) is 35.3 Å². The van der Waals surface area contributed by atoms with Crippen molar-refractivity contribution in [3.63, 3.8) is 0 Å². The number of hydrogen-bond donors (Lipinski definition) is 0. The van der Waals surface area contributed by atoms with Crippen molar-refractivity contribution in [2.45, 2.75) is 26.1 Å². The highest BCUT2D eigenvalue weighted by atomic mass is 19.4. The summed E-state index contributed by atoms with van der Waals surface area (Å²) in [5, 5.41) is 0. The van der Waals surface area contributed by atoms with E-state index >= 15 is 0 Å². The molecule has 0 radical (unpaired) electrons. The molecule has 0 amide bonds. The fourth-order valence-electron chi connectivity index (χ4n) is 1.17. The lowest BCUT2D eigenvalue weighted by molar-refractivity contribution is -0.0595. The quantitative estimate of drug-likeness (QED) is 0.666. The van der Waals surface area contributed by atoms with Crippen LogP contribution in [0.4, 0.5) is 13.2 Å². The van der Waals surface area contributed by atoms with E-state index in [4.69, 9.17) is 0 Å². The maximum atomic E-state index is 12.2. The normalized spacial score (nSPS) is 15.1. The van der Waals surface area contributed by atoms with Crippen molar-refractivity contribution in [3.05, 3.63) is 35.9 Å². The molecule has 82 valence electrons. The highest BCUT2D eigenvalue weighted by Gasteiger charge is 2.32. The molecule has 0 saturated heterocycles. The Bertz CT molecular complexity index is 341. The van der Waals surface area contributed by atoms with Gasteiger partial charge in [-0.05, 0) is 19.4 Å². The average Bonchev–Trinajstić information content (AvgIpc) is 2.17. The van der Waals surface area contributed by atoms with Crippen LogP contribution in [-0.2, 0) is 0 Å². The van der Waals surface area contributed by atoms with E-state index in [-0.39, 0.29) is 0 Å². The van der Waals surface area contributed by atoms with E-state index in [0.29, 0.717) is 0 Å². The maximum Gasteiger partial charge on any atom is 0.428 e. The van der Waals surface area contributed by atoms with E-state index in [1.165, 1.54) is 0 Å². The van der Waals surface area contributed by atoms with E-state index in [2.05, 4.69) is 4.99 Å². The van der Waals surface area contributed by atoms with Gasteiger partial charge in [-0.15, -0.1) is 0 Å². The first-order valence-electron chi connectivity index (χ1n) is 4.58. The minimum Gasteiger partial charge on any atom is -0.277 e. The van der Waals surface area contributed by atoms with Crippen molar-refractivity contribution < 1.29 is 13.2 Å². The standard InChI is InChI=1S/C11H12F3N/c1-8(10-6-4-3-5-7-10)15-9(2)11(12,13)14/h3-8H,1-2H3/t8-/m0/s1. The number of nitrogens with zero attached hydrogens (tertiary/aromatic N) is 1. The molecular formula is C11H12F3N. The molecule has 0 heterocycles. The predicted octanol–water partition coefficient (Wildman–Crippen LogP) is 3.77. The van der Waals surface area contributed by atoms with Crippen LogP contribution in [0.25, 0.3) is 0 Å². The molecular weight excluding hydrogens is 203 g/mol. The Kier molecular flexibility index (Phi) is 3.50. The van der Waals surface area contributed by atoms with Crippen molar-refractivity contribution >= 4 is 5.71 Å². The van der Waals surface area contributed by atoms with Gasteiger partial charge in [-0.25, -0.2) is 0 Å². The van der Waals surface area contributed by atoms with Crippen LogP contribution in [0, 0.1) is 0 Å². The number of rotatable bonds is 2.